The SMILES string of the molecule is CC(c1c(F)cccc1F)N1CCN(S(=O)(=O)c2ccc(F)cc2F)CC1. The maximum absolute atomic E-state index is 14.0. The summed E-state index contributed by atoms with van der Waals surface area (Å²) in [7, 11) is -4.12. The monoisotopic (exact) mass is 402 g/mol. The average Bonchev–Trinajstić information content (AvgIpc) is 2.61. The van der Waals surface area contributed by atoms with Crippen molar-refractivity contribution in [1.82, 2.24) is 9.21 Å². The molecule has 27 heavy (non-hydrogen) atoms. The molecule has 4 nitrogen and oxygen atoms in total. The zero-order valence-electron chi connectivity index (χ0n) is 14.5. The molecule has 0 spiro atoms. The predicted molar refractivity (Wildman–Crippen MR) is 91.5 cm³/mol. The Hall–Kier alpha value is -1.97. The number of piperazine rings is 1. The van der Waals surface area contributed by atoms with Crippen molar-refractivity contribution < 1.29 is 26.0 Å². The largest absolute Gasteiger partial charge is 0.294 e. The highest BCUT2D eigenvalue weighted by atomic mass is 32.2. The molecule has 1 atom stereocenters. The fourth-order valence-electron chi connectivity index (χ4n) is 3.25. The van der Waals surface area contributed by atoms with Crippen LogP contribution in [0, 0.1) is 23.3 Å². The minimum Gasteiger partial charge on any atom is -0.294 e. The van der Waals surface area contributed by atoms with Crippen molar-refractivity contribution >= 4 is 10.0 Å². The second-order valence-electron chi connectivity index (χ2n) is 6.33. The van der Waals surface area contributed by atoms with Gasteiger partial charge < -0.3 is 0 Å². The molecule has 3 rings (SSSR count). The third-order valence-electron chi connectivity index (χ3n) is 4.75. The summed E-state index contributed by atoms with van der Waals surface area (Å²) in [5, 5.41) is 0. The van der Waals surface area contributed by atoms with Crippen LogP contribution in [0.4, 0.5) is 17.6 Å². The number of benzene rings is 2. The summed E-state index contributed by atoms with van der Waals surface area (Å²) < 4.78 is 81.1. The van der Waals surface area contributed by atoms with Gasteiger partial charge in [0.1, 0.15) is 28.2 Å². The van der Waals surface area contributed by atoms with Crippen molar-refractivity contribution in [3.8, 4) is 0 Å². The van der Waals surface area contributed by atoms with Gasteiger partial charge in [0.25, 0.3) is 0 Å². The molecule has 0 aromatic heterocycles. The lowest BCUT2D eigenvalue weighted by molar-refractivity contribution is 0.141. The Labute approximate surface area is 155 Å². The highest BCUT2D eigenvalue weighted by Crippen LogP contribution is 2.28. The van der Waals surface area contributed by atoms with E-state index in [-0.39, 0.29) is 31.7 Å². The van der Waals surface area contributed by atoms with Crippen LogP contribution in [-0.4, -0.2) is 43.8 Å². The van der Waals surface area contributed by atoms with Gasteiger partial charge in [0.05, 0.1) is 0 Å². The van der Waals surface area contributed by atoms with Crippen LogP contribution in [0.25, 0.3) is 0 Å². The van der Waals surface area contributed by atoms with Gasteiger partial charge in [-0.25, -0.2) is 26.0 Å². The molecule has 1 fully saturated rings. The molecule has 1 aliphatic rings. The average molecular weight is 402 g/mol. The van der Waals surface area contributed by atoms with Crippen LogP contribution >= 0.6 is 0 Å². The smallest absolute Gasteiger partial charge is 0.246 e. The van der Waals surface area contributed by atoms with Gasteiger partial charge in [-0.3, -0.25) is 4.90 Å². The maximum Gasteiger partial charge on any atom is 0.246 e. The lowest BCUT2D eigenvalue weighted by atomic mass is 10.0. The molecule has 1 saturated heterocycles. The van der Waals surface area contributed by atoms with Gasteiger partial charge in [-0.2, -0.15) is 4.31 Å². The standard InChI is InChI=1S/C18H18F4N2O2S/c1-12(18-14(20)3-2-4-15(18)21)23-7-9-24(10-8-23)27(25,26)17-6-5-13(19)11-16(17)22/h2-6,11-12H,7-10H2,1H3. The zero-order valence-corrected chi connectivity index (χ0v) is 15.3. The van der Waals surface area contributed by atoms with E-state index in [0.29, 0.717) is 6.07 Å². The summed E-state index contributed by atoms with van der Waals surface area (Å²) in [4.78, 5) is 1.17. The van der Waals surface area contributed by atoms with Crippen molar-refractivity contribution in [2.24, 2.45) is 0 Å². The van der Waals surface area contributed by atoms with E-state index < -0.39 is 44.2 Å². The molecular formula is C18H18F4N2O2S. The van der Waals surface area contributed by atoms with Gasteiger partial charge >= 0.3 is 0 Å². The van der Waals surface area contributed by atoms with E-state index >= 15 is 0 Å². The molecule has 0 N–H and O–H groups in total. The Morgan fingerprint density at radius 2 is 1.48 bits per heavy atom. The molecule has 1 aliphatic heterocycles. The number of hydrogen-bond acceptors (Lipinski definition) is 3. The molecule has 0 amide bonds. The maximum atomic E-state index is 14.0. The Balaban J connectivity index is 1.75. The summed E-state index contributed by atoms with van der Waals surface area (Å²) in [5.74, 6) is -3.34. The molecule has 2 aromatic rings. The molecule has 9 heteroatoms. The highest BCUT2D eigenvalue weighted by molar-refractivity contribution is 7.89. The minimum absolute atomic E-state index is 0.0273. The van der Waals surface area contributed by atoms with Crippen molar-refractivity contribution in [3.63, 3.8) is 0 Å². The Kier molecular flexibility index (Phi) is 5.55. The molecular weight excluding hydrogens is 384 g/mol. The van der Waals surface area contributed by atoms with E-state index in [9.17, 15) is 26.0 Å². The minimum atomic E-state index is -4.12. The molecule has 0 bridgehead atoms. The summed E-state index contributed by atoms with van der Waals surface area (Å²) in [5.41, 5.74) is -0.0709. The fraction of sp³-hybridized carbons (Fsp3) is 0.333. The number of rotatable bonds is 4. The molecule has 0 radical (unpaired) electrons. The van der Waals surface area contributed by atoms with Crippen molar-refractivity contribution in [2.45, 2.75) is 17.9 Å². The van der Waals surface area contributed by atoms with Crippen LogP contribution in [0.3, 0.4) is 0 Å². The molecule has 1 unspecified atom stereocenters. The first kappa shape index (κ1) is 19.8. The van der Waals surface area contributed by atoms with Crippen molar-refractivity contribution in [1.29, 1.82) is 0 Å². The van der Waals surface area contributed by atoms with E-state index in [1.54, 1.807) is 11.8 Å². The first-order chi connectivity index (χ1) is 12.7. The van der Waals surface area contributed by atoms with Crippen molar-refractivity contribution in [2.75, 3.05) is 26.2 Å². The second-order valence-corrected chi connectivity index (χ2v) is 8.23. The molecule has 1 heterocycles. The number of halogens is 4. The van der Waals surface area contributed by atoms with Crippen LogP contribution in [0.1, 0.15) is 18.5 Å². The Morgan fingerprint density at radius 3 is 2.04 bits per heavy atom. The van der Waals surface area contributed by atoms with Gasteiger partial charge in [-0.1, -0.05) is 6.07 Å². The molecule has 146 valence electrons. The summed E-state index contributed by atoms with van der Waals surface area (Å²) in [6, 6.07) is 5.34. The van der Waals surface area contributed by atoms with Crippen molar-refractivity contribution in [3.05, 3.63) is 65.2 Å². The quantitative estimate of drug-likeness (QED) is 0.737. The lowest BCUT2D eigenvalue weighted by Crippen LogP contribution is -2.49. The summed E-state index contributed by atoms with van der Waals surface area (Å²) in [6.07, 6.45) is 0. The van der Waals surface area contributed by atoms with E-state index in [4.69, 9.17) is 0 Å². The van der Waals surface area contributed by atoms with Gasteiger partial charge in [0.2, 0.25) is 10.0 Å². The summed E-state index contributed by atoms with van der Waals surface area (Å²) in [6.45, 7) is 2.14. The van der Waals surface area contributed by atoms with Crippen LogP contribution in [0.5, 0.6) is 0 Å². The van der Waals surface area contributed by atoms with E-state index in [2.05, 4.69) is 0 Å². The van der Waals surface area contributed by atoms with E-state index in [0.717, 1.165) is 16.4 Å². The molecule has 2 aromatic carbocycles. The van der Waals surface area contributed by atoms with Crippen LogP contribution in [0.15, 0.2) is 41.3 Å². The molecule has 0 aliphatic carbocycles. The van der Waals surface area contributed by atoms with Gasteiger partial charge in [-0.15, -0.1) is 0 Å². The first-order valence-electron chi connectivity index (χ1n) is 8.35. The summed E-state index contributed by atoms with van der Waals surface area (Å²) >= 11 is 0. The fourth-order valence-corrected chi connectivity index (χ4v) is 4.71. The van der Waals surface area contributed by atoms with Crippen LogP contribution in [0.2, 0.25) is 0 Å². The Morgan fingerprint density at radius 1 is 0.889 bits per heavy atom. The van der Waals surface area contributed by atoms with Crippen LogP contribution in [-0.2, 0) is 10.0 Å². The zero-order chi connectivity index (χ0) is 19.8. The normalized spacial score (nSPS) is 17.8. The second kappa shape index (κ2) is 7.57. The Bertz CT molecular complexity index is 924. The third kappa shape index (κ3) is 3.85. The number of nitrogens with zero attached hydrogens (tertiary/aromatic N) is 2. The third-order valence-corrected chi connectivity index (χ3v) is 6.68. The predicted octanol–water partition coefficient (Wildman–Crippen LogP) is 3.31. The van der Waals surface area contributed by atoms with Gasteiger partial charge in [0.15, 0.2) is 0 Å². The van der Waals surface area contributed by atoms with Crippen LogP contribution < -0.4 is 0 Å². The van der Waals surface area contributed by atoms with Gasteiger partial charge in [-0.05, 0) is 31.2 Å². The number of hydrogen-bond donors (Lipinski definition) is 0. The lowest BCUT2D eigenvalue weighted by Gasteiger charge is -2.37. The van der Waals surface area contributed by atoms with E-state index in [1.807, 2.05) is 0 Å². The topological polar surface area (TPSA) is 40.6 Å². The van der Waals surface area contributed by atoms with Gasteiger partial charge in [0, 0.05) is 43.9 Å². The first-order valence-corrected chi connectivity index (χ1v) is 9.79. The highest BCUT2D eigenvalue weighted by Gasteiger charge is 2.33. The molecule has 0 saturated carbocycles. The number of sulfonamides is 1. The van der Waals surface area contributed by atoms with E-state index in [1.165, 1.54) is 18.2 Å².